The third kappa shape index (κ3) is 17.8. The molecule has 0 aromatic carbocycles. The van der Waals surface area contributed by atoms with Gasteiger partial charge in [-0.2, -0.15) is 0 Å². The van der Waals surface area contributed by atoms with Gasteiger partial charge in [0.1, 0.15) is 54.9 Å². The van der Waals surface area contributed by atoms with E-state index in [1.165, 1.54) is 31.7 Å². The molecular weight excluding hydrogens is 782 g/mol. The van der Waals surface area contributed by atoms with Crippen LogP contribution < -0.4 is 31.9 Å². The normalized spacial score (nSPS) is 17.2. The van der Waals surface area contributed by atoms with Crippen molar-refractivity contribution in [3.05, 3.63) is 12.7 Å². The van der Waals surface area contributed by atoms with Gasteiger partial charge < -0.3 is 51.1 Å². The summed E-state index contributed by atoms with van der Waals surface area (Å²) in [6.07, 6.45) is 1.77. The van der Waals surface area contributed by atoms with Gasteiger partial charge in [0.25, 0.3) is 5.91 Å². The molecule has 19 heteroatoms. The van der Waals surface area contributed by atoms with Crippen molar-refractivity contribution in [2.45, 2.75) is 144 Å². The molecule has 1 rings (SSSR count). The largest absolute Gasteiger partial charge is 0.460 e. The Morgan fingerprint density at radius 2 is 1.25 bits per heavy atom. The Labute approximate surface area is 352 Å². The van der Waals surface area contributed by atoms with E-state index in [1.807, 2.05) is 6.92 Å². The highest BCUT2D eigenvalue weighted by Gasteiger charge is 2.43. The quantitative estimate of drug-likeness (QED) is 0.0380. The van der Waals surface area contributed by atoms with Gasteiger partial charge in [-0.15, -0.1) is 0 Å². The molecule has 0 bridgehead atoms. The molecule has 1 saturated heterocycles. The number of likely N-dealkylation sites (tertiary alicyclic amines) is 1. The first-order chi connectivity index (χ1) is 28.0. The maximum Gasteiger partial charge on any atom is 0.325 e. The predicted octanol–water partition coefficient (Wildman–Crippen LogP) is -0.0677. The van der Waals surface area contributed by atoms with Gasteiger partial charge in [0, 0.05) is 26.3 Å². The van der Waals surface area contributed by atoms with E-state index < -0.39 is 108 Å². The van der Waals surface area contributed by atoms with Crippen molar-refractivity contribution in [1.82, 2.24) is 36.8 Å². The molecular formula is C41H65N7O12. The highest BCUT2D eigenvalue weighted by atomic mass is 16.5. The first-order valence-corrected chi connectivity index (χ1v) is 20.4. The number of nitrogens with zero attached hydrogens (tertiary/aromatic N) is 1. The van der Waals surface area contributed by atoms with Crippen LogP contribution in [-0.4, -0.2) is 126 Å². The molecule has 0 aromatic heterocycles. The van der Waals surface area contributed by atoms with Crippen molar-refractivity contribution in [3.63, 3.8) is 0 Å². The number of hydrogen-bond acceptors (Lipinski definition) is 12. The Balaban J connectivity index is 3.25. The highest BCUT2D eigenvalue weighted by molar-refractivity contribution is 6.38. The highest BCUT2D eigenvalue weighted by Crippen LogP contribution is 2.25. The smallest absolute Gasteiger partial charge is 0.325 e. The van der Waals surface area contributed by atoms with Gasteiger partial charge in [0.05, 0.1) is 6.04 Å². The number of ether oxygens (including phenoxy) is 1. The molecule has 1 aliphatic heterocycles. The summed E-state index contributed by atoms with van der Waals surface area (Å²) >= 11 is 0. The number of hydrogen-bond donors (Lipinski definition) is 6. The lowest BCUT2D eigenvalue weighted by molar-refractivity contribution is -0.146. The first kappa shape index (κ1) is 52.5. The molecule has 0 spiro atoms. The molecule has 1 fully saturated rings. The molecule has 7 amide bonds. The maximum atomic E-state index is 14.2. The number of rotatable bonds is 26. The SMILES string of the molecule is C=CCOC(=O)CNC(=O)C(=O)C(CCC)NC(=O)[C@@H]1C[C@@H](C)CN1C(=O)[C@@H](NC(=O)[C@@H](NC(=O)[C@H](CCC(C)=O)NC(=O)[C@H](CCC(C)=O)NC(C)=O)C(C)C)C(C)C. The first-order valence-electron chi connectivity index (χ1n) is 20.4. The second-order valence-electron chi connectivity index (χ2n) is 16.0. The van der Waals surface area contributed by atoms with Crippen molar-refractivity contribution >= 4 is 64.7 Å². The van der Waals surface area contributed by atoms with Crippen LogP contribution in [0.3, 0.4) is 0 Å². The molecule has 0 radical (unpaired) electrons. The van der Waals surface area contributed by atoms with Gasteiger partial charge in [-0.3, -0.25) is 43.2 Å². The maximum absolute atomic E-state index is 14.2. The Kier molecular flexibility index (Phi) is 22.7. The Morgan fingerprint density at radius 1 is 0.717 bits per heavy atom. The Bertz CT molecular complexity index is 1610. The number of amides is 7. The fourth-order valence-corrected chi connectivity index (χ4v) is 6.44. The van der Waals surface area contributed by atoms with Gasteiger partial charge in [-0.25, -0.2) is 0 Å². The lowest BCUT2D eigenvalue weighted by Crippen LogP contribution is -2.61. The van der Waals surface area contributed by atoms with E-state index in [0.29, 0.717) is 6.42 Å². The van der Waals surface area contributed by atoms with E-state index in [-0.39, 0.29) is 69.2 Å². The minimum atomic E-state index is -1.31. The minimum Gasteiger partial charge on any atom is -0.460 e. The molecule has 336 valence electrons. The number of ketones is 3. The van der Waals surface area contributed by atoms with E-state index in [2.05, 4.69) is 38.5 Å². The van der Waals surface area contributed by atoms with Crippen molar-refractivity contribution in [2.24, 2.45) is 17.8 Å². The van der Waals surface area contributed by atoms with E-state index >= 15 is 0 Å². The van der Waals surface area contributed by atoms with Crippen LogP contribution >= 0.6 is 0 Å². The summed E-state index contributed by atoms with van der Waals surface area (Å²) in [5, 5.41) is 15.2. The lowest BCUT2D eigenvalue weighted by atomic mass is 9.98. The number of nitrogens with one attached hydrogen (secondary N) is 6. The Morgan fingerprint density at radius 3 is 1.75 bits per heavy atom. The lowest BCUT2D eigenvalue weighted by Gasteiger charge is -2.33. The van der Waals surface area contributed by atoms with Crippen molar-refractivity contribution in [1.29, 1.82) is 0 Å². The van der Waals surface area contributed by atoms with Crippen molar-refractivity contribution in [2.75, 3.05) is 19.7 Å². The minimum absolute atomic E-state index is 0.0225. The second kappa shape index (κ2) is 25.9. The summed E-state index contributed by atoms with van der Waals surface area (Å²) in [5.74, 6) is -8.69. The summed E-state index contributed by atoms with van der Waals surface area (Å²) < 4.78 is 4.80. The van der Waals surface area contributed by atoms with Crippen LogP contribution in [0.4, 0.5) is 0 Å². The van der Waals surface area contributed by atoms with E-state index in [1.54, 1.807) is 34.6 Å². The monoisotopic (exact) mass is 847 g/mol. The molecule has 1 aliphatic rings. The van der Waals surface area contributed by atoms with Crippen LogP contribution in [0, 0.1) is 17.8 Å². The molecule has 19 nitrogen and oxygen atoms in total. The Hall–Kier alpha value is -5.49. The summed E-state index contributed by atoms with van der Waals surface area (Å²) in [7, 11) is 0. The standard InChI is InChI=1S/C41H65N7O12/c1-11-13-28(35(53)40(58)42-20-32(52)60-18-12-2)44-38(56)31-19-24(7)21-48(31)41(59)34(23(5)6)47-39(57)33(22(3)4)46-37(55)30(17-15-26(9)50)45-36(54)29(43-27(10)51)16-14-25(8)49/h12,22-24,28-31,33-34H,2,11,13-21H2,1,3-10H3,(H,42,58)(H,43,51)(H,44,56)(H,45,54)(H,46,55)(H,47,57)/t24-,28?,29+,30+,31+,33+,34+/m1/s1. The molecule has 0 saturated carbocycles. The van der Waals surface area contributed by atoms with Gasteiger partial charge in [-0.1, -0.05) is 60.6 Å². The van der Waals surface area contributed by atoms with Crippen LogP contribution in [0.5, 0.6) is 0 Å². The zero-order valence-electron chi connectivity index (χ0n) is 36.4. The zero-order valence-corrected chi connectivity index (χ0v) is 36.4. The van der Waals surface area contributed by atoms with Gasteiger partial charge in [0.15, 0.2) is 0 Å². The average Bonchev–Trinajstić information content (AvgIpc) is 3.57. The van der Waals surface area contributed by atoms with Crippen molar-refractivity contribution in [3.8, 4) is 0 Å². The number of esters is 1. The molecule has 0 aliphatic carbocycles. The third-order valence-corrected chi connectivity index (χ3v) is 9.66. The van der Waals surface area contributed by atoms with Crippen LogP contribution in [0.1, 0.15) is 107 Å². The van der Waals surface area contributed by atoms with E-state index in [0.717, 1.165) is 0 Å². The molecule has 60 heavy (non-hydrogen) atoms. The number of carbonyl (C=O) groups excluding carboxylic acids is 11. The van der Waals surface area contributed by atoms with Crippen LogP contribution in [0.25, 0.3) is 0 Å². The fourth-order valence-electron chi connectivity index (χ4n) is 6.44. The molecule has 0 aromatic rings. The molecule has 7 atom stereocenters. The van der Waals surface area contributed by atoms with Crippen LogP contribution in [-0.2, 0) is 57.5 Å². The predicted molar refractivity (Wildman–Crippen MR) is 218 cm³/mol. The summed E-state index contributed by atoms with van der Waals surface area (Å²) in [6.45, 7) is 17.0. The van der Waals surface area contributed by atoms with Gasteiger partial charge in [0.2, 0.25) is 41.2 Å². The number of carbonyl (C=O) groups is 11. The molecule has 1 heterocycles. The topological polar surface area (TPSA) is 272 Å². The van der Waals surface area contributed by atoms with E-state index in [9.17, 15) is 52.7 Å². The van der Waals surface area contributed by atoms with E-state index in [4.69, 9.17) is 4.74 Å². The van der Waals surface area contributed by atoms with Gasteiger partial charge >= 0.3 is 5.97 Å². The van der Waals surface area contributed by atoms with Crippen molar-refractivity contribution < 1.29 is 57.5 Å². The zero-order chi connectivity index (χ0) is 45.9. The van der Waals surface area contributed by atoms with Gasteiger partial charge in [-0.05, 0) is 57.3 Å². The van der Waals surface area contributed by atoms with Crippen LogP contribution in [0.2, 0.25) is 0 Å². The molecule has 6 N–H and O–H groups in total. The molecule has 1 unspecified atom stereocenters. The average molecular weight is 848 g/mol. The second-order valence-corrected chi connectivity index (χ2v) is 16.0. The summed E-state index contributed by atoms with van der Waals surface area (Å²) in [4.78, 5) is 143. The fraction of sp³-hybridized carbons (Fsp3) is 0.683. The summed E-state index contributed by atoms with van der Waals surface area (Å²) in [6, 6.07) is -7.19. The number of Topliss-reactive ketones (excluding diaryl/α,β-unsaturated/α-hetero) is 3. The summed E-state index contributed by atoms with van der Waals surface area (Å²) in [5.41, 5.74) is 0. The third-order valence-electron chi connectivity index (χ3n) is 9.66. The van der Waals surface area contributed by atoms with Crippen LogP contribution in [0.15, 0.2) is 12.7 Å².